The number of rotatable bonds is 8. The lowest BCUT2D eigenvalue weighted by molar-refractivity contribution is -0.114. The number of anilines is 3. The van der Waals surface area contributed by atoms with Gasteiger partial charge in [-0.1, -0.05) is 0 Å². The Bertz CT molecular complexity index is 805. The number of sulfonamides is 1. The molecule has 2 aromatic rings. The summed E-state index contributed by atoms with van der Waals surface area (Å²) in [5.41, 5.74) is 1.29. The van der Waals surface area contributed by atoms with Gasteiger partial charge in [0.2, 0.25) is 5.91 Å². The molecule has 0 bridgehead atoms. The minimum atomic E-state index is -3.76. The highest BCUT2D eigenvalue weighted by atomic mass is 32.2. The van der Waals surface area contributed by atoms with E-state index in [9.17, 15) is 13.2 Å². The summed E-state index contributed by atoms with van der Waals surface area (Å²) in [6, 6.07) is 9.15. The van der Waals surface area contributed by atoms with Crippen LogP contribution in [0.15, 0.2) is 47.5 Å². The molecule has 3 N–H and O–H groups in total. The Morgan fingerprint density at radius 1 is 1.12 bits per heavy atom. The molecule has 0 aliphatic rings. The number of ether oxygens (including phenoxy) is 1. The molecule has 0 atom stereocenters. The average Bonchev–Trinajstić information content (AvgIpc) is 2.56. The maximum absolute atomic E-state index is 12.4. The van der Waals surface area contributed by atoms with Crippen LogP contribution < -0.4 is 15.4 Å². The number of pyridine rings is 1. The topological polar surface area (TPSA) is 109 Å². The van der Waals surface area contributed by atoms with Crippen LogP contribution in [0.2, 0.25) is 0 Å². The summed E-state index contributed by atoms with van der Waals surface area (Å²) in [6.45, 7) is 2.57. The van der Waals surface area contributed by atoms with E-state index in [0.29, 0.717) is 18.8 Å². The lowest BCUT2D eigenvalue weighted by Gasteiger charge is -2.10. The van der Waals surface area contributed by atoms with Crippen molar-refractivity contribution < 1.29 is 17.9 Å². The molecule has 1 aromatic heterocycles. The molecule has 0 aliphatic carbocycles. The van der Waals surface area contributed by atoms with Crippen LogP contribution in [0.3, 0.4) is 0 Å². The van der Waals surface area contributed by atoms with E-state index in [1.165, 1.54) is 37.4 Å². The van der Waals surface area contributed by atoms with Gasteiger partial charge in [0.15, 0.2) is 0 Å². The van der Waals surface area contributed by atoms with Gasteiger partial charge in [-0.2, -0.15) is 0 Å². The van der Waals surface area contributed by atoms with Gasteiger partial charge in [0.1, 0.15) is 5.82 Å². The molecule has 0 fully saturated rings. The van der Waals surface area contributed by atoms with Crippen LogP contribution >= 0.6 is 0 Å². The first-order valence-corrected chi connectivity index (χ1v) is 8.98. The number of carbonyl (C=O) groups excluding carboxylic acids is 1. The van der Waals surface area contributed by atoms with E-state index < -0.39 is 10.0 Å². The molecule has 9 heteroatoms. The molecular weight excluding hydrogens is 344 g/mol. The second-order valence-corrected chi connectivity index (χ2v) is 6.85. The average molecular weight is 364 g/mol. The number of hydrogen-bond acceptors (Lipinski definition) is 6. The van der Waals surface area contributed by atoms with Gasteiger partial charge in [0.05, 0.1) is 23.4 Å². The summed E-state index contributed by atoms with van der Waals surface area (Å²) in [5, 5.41) is 5.67. The molecular formula is C16H20N4O4S. The van der Waals surface area contributed by atoms with Crippen molar-refractivity contribution in [2.24, 2.45) is 0 Å². The van der Waals surface area contributed by atoms with Gasteiger partial charge in [-0.15, -0.1) is 0 Å². The second kappa shape index (κ2) is 8.45. The maximum atomic E-state index is 12.4. The van der Waals surface area contributed by atoms with Crippen molar-refractivity contribution in [3.05, 3.63) is 42.6 Å². The smallest absolute Gasteiger partial charge is 0.263 e. The second-order valence-electron chi connectivity index (χ2n) is 5.16. The lowest BCUT2D eigenvalue weighted by atomic mass is 10.3. The van der Waals surface area contributed by atoms with Gasteiger partial charge in [-0.3, -0.25) is 9.52 Å². The number of carbonyl (C=O) groups is 1. The molecule has 1 amide bonds. The summed E-state index contributed by atoms with van der Waals surface area (Å²) in [7, 11) is -2.15. The summed E-state index contributed by atoms with van der Waals surface area (Å²) in [5.74, 6) is -0.0136. The van der Waals surface area contributed by atoms with Gasteiger partial charge < -0.3 is 15.4 Å². The van der Waals surface area contributed by atoms with Crippen LogP contribution in [-0.2, 0) is 19.6 Å². The Labute approximate surface area is 146 Å². The molecule has 0 unspecified atom stereocenters. The maximum Gasteiger partial charge on any atom is 0.263 e. The molecule has 8 nitrogen and oxygen atoms in total. The molecule has 1 heterocycles. The molecule has 2 rings (SSSR count). The van der Waals surface area contributed by atoms with E-state index in [0.717, 1.165) is 5.69 Å². The quantitative estimate of drug-likeness (QED) is 0.617. The van der Waals surface area contributed by atoms with Crippen LogP contribution in [0, 0.1) is 0 Å². The number of benzene rings is 1. The largest absolute Gasteiger partial charge is 0.383 e. The zero-order valence-electron chi connectivity index (χ0n) is 13.9. The first-order valence-electron chi connectivity index (χ1n) is 7.50. The molecule has 0 aliphatic heterocycles. The summed E-state index contributed by atoms with van der Waals surface area (Å²) >= 11 is 0. The Morgan fingerprint density at radius 2 is 1.80 bits per heavy atom. The van der Waals surface area contributed by atoms with E-state index in [4.69, 9.17) is 4.74 Å². The Morgan fingerprint density at radius 3 is 2.36 bits per heavy atom. The molecule has 134 valence electrons. The van der Waals surface area contributed by atoms with Crippen LogP contribution in [0.4, 0.5) is 17.2 Å². The van der Waals surface area contributed by atoms with Gasteiger partial charge in [-0.25, -0.2) is 13.4 Å². The highest BCUT2D eigenvalue weighted by molar-refractivity contribution is 7.92. The minimum absolute atomic E-state index is 0.0747. The fourth-order valence-electron chi connectivity index (χ4n) is 1.97. The van der Waals surface area contributed by atoms with Crippen LogP contribution in [0.1, 0.15) is 6.92 Å². The van der Waals surface area contributed by atoms with Crippen LogP contribution in [0.5, 0.6) is 0 Å². The van der Waals surface area contributed by atoms with Gasteiger partial charge in [-0.05, 0) is 36.4 Å². The van der Waals surface area contributed by atoms with Gasteiger partial charge >= 0.3 is 0 Å². The van der Waals surface area contributed by atoms with Crippen molar-refractivity contribution in [3.8, 4) is 0 Å². The third kappa shape index (κ3) is 5.73. The highest BCUT2D eigenvalue weighted by Gasteiger charge is 2.14. The normalized spacial score (nSPS) is 11.0. The number of aromatic nitrogens is 1. The zero-order valence-corrected chi connectivity index (χ0v) is 14.8. The third-order valence-electron chi connectivity index (χ3n) is 3.12. The first kappa shape index (κ1) is 18.7. The van der Waals surface area contributed by atoms with Crippen molar-refractivity contribution in [2.45, 2.75) is 11.8 Å². The number of nitrogens with zero attached hydrogens (tertiary/aromatic N) is 1. The third-order valence-corrected chi connectivity index (χ3v) is 4.49. The van der Waals surface area contributed by atoms with E-state index >= 15 is 0 Å². The van der Waals surface area contributed by atoms with E-state index in [1.54, 1.807) is 19.2 Å². The number of nitrogens with one attached hydrogen (secondary N) is 3. The fourth-order valence-corrected chi connectivity index (χ4v) is 2.98. The van der Waals surface area contributed by atoms with Gasteiger partial charge in [0.25, 0.3) is 10.0 Å². The van der Waals surface area contributed by atoms with Crippen LogP contribution in [0.25, 0.3) is 0 Å². The van der Waals surface area contributed by atoms with Crippen molar-refractivity contribution in [1.29, 1.82) is 0 Å². The number of amides is 1. The predicted octanol–water partition coefficient (Wildman–Crippen LogP) is 1.90. The lowest BCUT2D eigenvalue weighted by Crippen LogP contribution is -2.14. The Kier molecular flexibility index (Phi) is 6.31. The van der Waals surface area contributed by atoms with E-state index in [-0.39, 0.29) is 16.6 Å². The molecule has 0 saturated heterocycles. The minimum Gasteiger partial charge on any atom is -0.383 e. The number of methoxy groups -OCH3 is 1. The Hall–Kier alpha value is -2.65. The zero-order chi connectivity index (χ0) is 18.3. The standard InChI is InChI=1S/C16H20N4O4S/c1-12(21)19-13-3-6-15(7-4-13)25(22,23)20-16-8-5-14(11-18-16)17-9-10-24-2/h3-8,11,17H,9-10H2,1-2H3,(H,18,20)(H,19,21). The van der Waals surface area contributed by atoms with Crippen molar-refractivity contribution >= 4 is 33.1 Å². The van der Waals surface area contributed by atoms with Crippen molar-refractivity contribution in [1.82, 2.24) is 4.98 Å². The molecule has 1 aromatic carbocycles. The molecule has 25 heavy (non-hydrogen) atoms. The summed E-state index contributed by atoms with van der Waals surface area (Å²) in [6.07, 6.45) is 1.54. The highest BCUT2D eigenvalue weighted by Crippen LogP contribution is 2.18. The Balaban J connectivity index is 2.03. The fraction of sp³-hybridized carbons (Fsp3) is 0.250. The summed E-state index contributed by atoms with van der Waals surface area (Å²) < 4.78 is 32.1. The summed E-state index contributed by atoms with van der Waals surface area (Å²) in [4.78, 5) is 15.1. The van der Waals surface area contributed by atoms with Crippen molar-refractivity contribution in [3.63, 3.8) is 0 Å². The number of hydrogen-bond donors (Lipinski definition) is 3. The molecule has 0 radical (unpaired) electrons. The van der Waals surface area contributed by atoms with E-state index in [2.05, 4.69) is 20.3 Å². The van der Waals surface area contributed by atoms with Crippen LogP contribution in [-0.4, -0.2) is 39.6 Å². The van der Waals surface area contributed by atoms with Crippen molar-refractivity contribution in [2.75, 3.05) is 35.6 Å². The monoisotopic (exact) mass is 364 g/mol. The van der Waals surface area contributed by atoms with E-state index in [1.807, 2.05) is 0 Å². The first-order chi connectivity index (χ1) is 11.9. The van der Waals surface area contributed by atoms with Gasteiger partial charge in [0, 0.05) is 26.3 Å². The molecule has 0 spiro atoms. The predicted molar refractivity (Wildman–Crippen MR) is 96.2 cm³/mol. The molecule has 0 saturated carbocycles. The SMILES string of the molecule is COCCNc1ccc(NS(=O)(=O)c2ccc(NC(C)=O)cc2)nc1.